The summed E-state index contributed by atoms with van der Waals surface area (Å²) in [5, 5.41) is 10.1. The van der Waals surface area contributed by atoms with Crippen molar-refractivity contribution in [3.8, 4) is 0 Å². The molecule has 1 aromatic carbocycles. The van der Waals surface area contributed by atoms with Crippen LogP contribution in [0.25, 0.3) is 11.2 Å². The number of nitrogens with zero attached hydrogens (tertiary/aromatic N) is 5. The van der Waals surface area contributed by atoms with Gasteiger partial charge in [-0.1, -0.05) is 29.3 Å². The topological polar surface area (TPSA) is 57.4 Å². The Morgan fingerprint density at radius 3 is 2.64 bits per heavy atom. The number of aliphatic hydroxyl groups is 1. The molecule has 2 aliphatic rings. The van der Waals surface area contributed by atoms with Crippen LogP contribution in [-0.4, -0.2) is 63.9 Å². The third-order valence-corrected chi connectivity index (χ3v) is 8.07. The molecule has 0 amide bonds. The van der Waals surface area contributed by atoms with Crippen molar-refractivity contribution in [3.63, 3.8) is 0 Å². The van der Waals surface area contributed by atoms with E-state index in [-0.39, 0.29) is 17.8 Å². The molecule has 36 heavy (non-hydrogen) atoms. The van der Waals surface area contributed by atoms with Crippen molar-refractivity contribution < 1.29 is 18.3 Å². The molecule has 0 aliphatic carbocycles. The van der Waals surface area contributed by atoms with Crippen molar-refractivity contribution in [2.24, 2.45) is 11.8 Å². The van der Waals surface area contributed by atoms with Crippen molar-refractivity contribution >= 4 is 40.2 Å². The second-order valence-electron chi connectivity index (χ2n) is 9.78. The van der Waals surface area contributed by atoms with Gasteiger partial charge in [0, 0.05) is 42.4 Å². The molecule has 0 spiro atoms. The monoisotopic (exact) mass is 541 g/mol. The van der Waals surface area contributed by atoms with E-state index in [9.17, 15) is 18.3 Å². The van der Waals surface area contributed by atoms with E-state index in [4.69, 9.17) is 23.2 Å². The first-order chi connectivity index (χ1) is 17.2. The molecule has 5 rings (SSSR count). The smallest absolute Gasteiger partial charge is 0.395 e. The molecule has 1 N–H and O–H groups in total. The number of halogens is 5. The van der Waals surface area contributed by atoms with E-state index in [0.29, 0.717) is 39.8 Å². The largest absolute Gasteiger partial charge is 0.420 e. The third kappa shape index (κ3) is 4.90. The zero-order valence-electron chi connectivity index (χ0n) is 19.8. The Bertz CT molecular complexity index is 1240. The second kappa shape index (κ2) is 10.0. The highest BCUT2D eigenvalue weighted by Gasteiger charge is 2.39. The Morgan fingerprint density at radius 1 is 1.17 bits per heavy atom. The normalized spacial score (nSPS) is 20.6. The summed E-state index contributed by atoms with van der Waals surface area (Å²) >= 11 is 12.4. The average molecular weight is 542 g/mol. The first kappa shape index (κ1) is 25.6. The van der Waals surface area contributed by atoms with Crippen LogP contribution in [0.5, 0.6) is 0 Å². The summed E-state index contributed by atoms with van der Waals surface area (Å²) in [6.45, 7) is 6.23. The van der Waals surface area contributed by atoms with Crippen LogP contribution in [0.4, 0.5) is 19.0 Å². The molecule has 2 unspecified atom stereocenters. The van der Waals surface area contributed by atoms with Crippen molar-refractivity contribution in [2.75, 3.05) is 44.2 Å². The van der Waals surface area contributed by atoms with Gasteiger partial charge in [0.25, 0.3) is 0 Å². The summed E-state index contributed by atoms with van der Waals surface area (Å²) in [5.74, 6) is 1.61. The number of anilines is 1. The fraction of sp³-hybridized carbons (Fsp3) is 0.520. The molecular weight excluding hydrogens is 514 g/mol. The molecule has 2 aromatic heterocycles. The van der Waals surface area contributed by atoms with Crippen molar-refractivity contribution in [2.45, 2.75) is 32.0 Å². The number of fused-ring (bicyclic) bond motifs is 1. The number of aliphatic hydroxyl groups excluding tert-OH is 1. The average Bonchev–Trinajstić information content (AvgIpc) is 3.18. The minimum Gasteiger partial charge on any atom is -0.395 e. The quantitative estimate of drug-likeness (QED) is 0.446. The Morgan fingerprint density at radius 2 is 1.94 bits per heavy atom. The number of likely N-dealkylation sites (tertiary alicyclic amines) is 1. The van der Waals surface area contributed by atoms with E-state index >= 15 is 0 Å². The second-order valence-corrected chi connectivity index (χ2v) is 10.6. The predicted octanol–water partition coefficient (Wildman–Crippen LogP) is 5.51. The Kier molecular flexibility index (Phi) is 7.11. The molecule has 2 atom stereocenters. The lowest BCUT2D eigenvalue weighted by Gasteiger charge is -2.47. The van der Waals surface area contributed by atoms with Gasteiger partial charge in [0.15, 0.2) is 5.65 Å². The summed E-state index contributed by atoms with van der Waals surface area (Å²) in [6, 6.07) is 4.45. The predicted molar refractivity (Wildman–Crippen MR) is 135 cm³/mol. The van der Waals surface area contributed by atoms with Crippen LogP contribution in [0.2, 0.25) is 10.0 Å². The van der Waals surface area contributed by atoms with Gasteiger partial charge in [0.1, 0.15) is 16.9 Å². The molecule has 0 bridgehead atoms. The van der Waals surface area contributed by atoms with Crippen LogP contribution in [0.3, 0.4) is 0 Å². The zero-order chi connectivity index (χ0) is 25.6. The number of β-amino-alcohol motifs (C(OH)–C–C–N with tert-alkyl or cyclic N) is 1. The fourth-order valence-corrected chi connectivity index (χ4v) is 6.03. The minimum absolute atomic E-state index is 0.165. The van der Waals surface area contributed by atoms with Gasteiger partial charge in [-0.3, -0.25) is 0 Å². The molecule has 194 valence electrons. The summed E-state index contributed by atoms with van der Waals surface area (Å²) in [5.41, 5.74) is -0.172. The van der Waals surface area contributed by atoms with Gasteiger partial charge in [0.05, 0.1) is 18.8 Å². The van der Waals surface area contributed by atoms with Gasteiger partial charge in [-0.15, -0.1) is 0 Å². The number of piperidine rings is 1. The van der Waals surface area contributed by atoms with Gasteiger partial charge < -0.3 is 19.5 Å². The van der Waals surface area contributed by atoms with Crippen LogP contribution < -0.4 is 4.90 Å². The van der Waals surface area contributed by atoms with E-state index in [0.717, 1.165) is 45.2 Å². The Hall–Kier alpha value is -2.07. The van der Waals surface area contributed by atoms with Crippen LogP contribution in [0.15, 0.2) is 30.6 Å². The van der Waals surface area contributed by atoms with E-state index < -0.39 is 17.8 Å². The molecule has 0 radical (unpaired) electrons. The fourth-order valence-electron chi connectivity index (χ4n) is 5.47. The number of rotatable bonds is 6. The summed E-state index contributed by atoms with van der Waals surface area (Å²) in [6.07, 6.45) is 0.221. The molecule has 11 heteroatoms. The van der Waals surface area contributed by atoms with Gasteiger partial charge in [0.2, 0.25) is 0 Å². The number of aromatic nitrogens is 3. The lowest BCUT2D eigenvalue weighted by atomic mass is 9.80. The maximum absolute atomic E-state index is 13.9. The Balaban J connectivity index is 1.42. The first-order valence-corrected chi connectivity index (χ1v) is 12.9. The summed E-state index contributed by atoms with van der Waals surface area (Å²) in [4.78, 5) is 13.3. The molecule has 4 heterocycles. The van der Waals surface area contributed by atoms with E-state index in [2.05, 4.69) is 19.8 Å². The van der Waals surface area contributed by atoms with Gasteiger partial charge in [-0.2, -0.15) is 13.2 Å². The Labute approximate surface area is 217 Å². The van der Waals surface area contributed by atoms with Crippen LogP contribution in [0.1, 0.15) is 36.9 Å². The highest BCUT2D eigenvalue weighted by Crippen LogP contribution is 2.39. The number of alkyl halides is 3. The maximum Gasteiger partial charge on any atom is 0.420 e. The lowest BCUT2D eigenvalue weighted by Crippen LogP contribution is -2.54. The third-order valence-electron chi connectivity index (χ3n) is 7.50. The molecule has 3 aromatic rings. The first-order valence-electron chi connectivity index (χ1n) is 12.1. The molecule has 2 aliphatic heterocycles. The van der Waals surface area contributed by atoms with Gasteiger partial charge >= 0.3 is 6.18 Å². The van der Waals surface area contributed by atoms with E-state index in [1.165, 1.54) is 10.8 Å². The van der Waals surface area contributed by atoms with Crippen molar-refractivity contribution in [1.29, 1.82) is 0 Å². The van der Waals surface area contributed by atoms with Gasteiger partial charge in [-0.25, -0.2) is 9.97 Å². The van der Waals surface area contributed by atoms with Crippen LogP contribution in [0, 0.1) is 11.8 Å². The van der Waals surface area contributed by atoms with E-state index in [1.54, 1.807) is 25.1 Å². The SMILES string of the molecule is CC(c1ccc(Cl)cc1Cl)n1cc(C(F)(F)F)c2ncc(N3CC(C4CCCN(CCO)C4)C3)nc21. The highest BCUT2D eigenvalue weighted by molar-refractivity contribution is 6.35. The van der Waals surface area contributed by atoms with E-state index in [1.807, 2.05) is 0 Å². The molecular formula is C25H28Cl2F3N5O. The molecule has 2 saturated heterocycles. The standard InChI is InChI=1S/C25H28Cl2F3N5O/c1-15(19-5-4-18(26)9-21(19)27)35-14-20(25(28,29)30)23-24(35)32-22(10-31-23)34-12-17(13-34)16-3-2-6-33(11-16)7-8-36/h4-5,9-10,14-17,36H,2-3,6-8,11-13H2,1H3. The zero-order valence-corrected chi connectivity index (χ0v) is 21.4. The maximum atomic E-state index is 13.9. The summed E-state index contributed by atoms with van der Waals surface area (Å²) < 4.78 is 43.1. The number of hydrogen-bond acceptors (Lipinski definition) is 5. The van der Waals surface area contributed by atoms with Crippen molar-refractivity contribution in [1.82, 2.24) is 19.4 Å². The highest BCUT2D eigenvalue weighted by atomic mass is 35.5. The van der Waals surface area contributed by atoms with Crippen LogP contribution in [-0.2, 0) is 6.18 Å². The minimum atomic E-state index is -4.56. The molecule has 2 fully saturated rings. The van der Waals surface area contributed by atoms with Crippen molar-refractivity contribution in [3.05, 3.63) is 51.8 Å². The summed E-state index contributed by atoms with van der Waals surface area (Å²) in [7, 11) is 0. The number of hydrogen-bond donors (Lipinski definition) is 1. The number of benzene rings is 1. The molecule has 6 nitrogen and oxygen atoms in total. The van der Waals surface area contributed by atoms with Crippen LogP contribution >= 0.6 is 23.2 Å². The molecule has 0 saturated carbocycles. The lowest BCUT2D eigenvalue weighted by molar-refractivity contribution is -0.136. The van der Waals surface area contributed by atoms with Gasteiger partial charge in [-0.05, 0) is 55.8 Å².